The van der Waals surface area contributed by atoms with Gasteiger partial charge in [-0.2, -0.15) is 0 Å². The van der Waals surface area contributed by atoms with Crippen LogP contribution in [0.1, 0.15) is 13.8 Å². The van der Waals surface area contributed by atoms with E-state index in [1.165, 1.54) is 6.08 Å². The van der Waals surface area contributed by atoms with Gasteiger partial charge in [0.05, 0.1) is 6.61 Å². The SMILES string of the molecule is CC1=CC(C(C)(F)F)OC1. The van der Waals surface area contributed by atoms with Gasteiger partial charge in [-0.05, 0) is 18.6 Å². The third-order valence-corrected chi connectivity index (χ3v) is 1.43. The van der Waals surface area contributed by atoms with Crippen LogP contribution in [0.5, 0.6) is 0 Å². The summed E-state index contributed by atoms with van der Waals surface area (Å²) in [5, 5.41) is 0. The second-order valence-corrected chi connectivity index (χ2v) is 2.70. The lowest BCUT2D eigenvalue weighted by Crippen LogP contribution is -2.28. The van der Waals surface area contributed by atoms with E-state index in [0.717, 1.165) is 12.5 Å². The predicted molar refractivity (Wildman–Crippen MR) is 34.1 cm³/mol. The lowest BCUT2D eigenvalue weighted by atomic mass is 10.2. The van der Waals surface area contributed by atoms with E-state index in [-0.39, 0.29) is 0 Å². The molecule has 58 valence electrons. The number of hydrogen-bond donors (Lipinski definition) is 0. The maximum Gasteiger partial charge on any atom is 0.274 e. The highest BCUT2D eigenvalue weighted by atomic mass is 19.3. The van der Waals surface area contributed by atoms with E-state index < -0.39 is 12.0 Å². The molecule has 0 N–H and O–H groups in total. The summed E-state index contributed by atoms with van der Waals surface area (Å²) in [6.45, 7) is 2.99. The normalized spacial score (nSPS) is 26.8. The Hall–Kier alpha value is -0.440. The van der Waals surface area contributed by atoms with E-state index in [9.17, 15) is 8.78 Å². The van der Waals surface area contributed by atoms with Crippen molar-refractivity contribution in [1.29, 1.82) is 0 Å². The van der Waals surface area contributed by atoms with Crippen LogP contribution >= 0.6 is 0 Å². The average Bonchev–Trinajstić information content (AvgIpc) is 2.11. The predicted octanol–water partition coefficient (Wildman–Crippen LogP) is 1.99. The highest BCUT2D eigenvalue weighted by molar-refractivity contribution is 5.10. The molecule has 0 fully saturated rings. The molecule has 1 aliphatic rings. The Balaban J connectivity index is 2.61. The smallest absolute Gasteiger partial charge is 0.274 e. The summed E-state index contributed by atoms with van der Waals surface area (Å²) in [6, 6.07) is 0. The maximum atomic E-state index is 12.4. The Bertz CT molecular complexity index is 157. The van der Waals surface area contributed by atoms with Crippen LogP contribution < -0.4 is 0 Å². The number of hydrogen-bond acceptors (Lipinski definition) is 1. The second kappa shape index (κ2) is 2.31. The van der Waals surface area contributed by atoms with E-state index in [1.807, 2.05) is 0 Å². The Kier molecular flexibility index (Phi) is 1.77. The highest BCUT2D eigenvalue weighted by Crippen LogP contribution is 2.26. The topological polar surface area (TPSA) is 9.23 Å². The molecule has 1 atom stereocenters. The second-order valence-electron chi connectivity index (χ2n) is 2.70. The van der Waals surface area contributed by atoms with Crippen molar-refractivity contribution in [3.63, 3.8) is 0 Å². The first-order valence-corrected chi connectivity index (χ1v) is 3.17. The van der Waals surface area contributed by atoms with Crippen LogP contribution in [0.3, 0.4) is 0 Å². The minimum absolute atomic E-state index is 0.341. The molecule has 1 heterocycles. The number of ether oxygens (including phenoxy) is 1. The molecule has 1 aliphatic heterocycles. The van der Waals surface area contributed by atoms with E-state index in [0.29, 0.717) is 6.61 Å². The molecule has 0 amide bonds. The van der Waals surface area contributed by atoms with Crippen LogP contribution in [0.4, 0.5) is 8.78 Å². The third-order valence-electron chi connectivity index (χ3n) is 1.43. The Morgan fingerprint density at radius 3 is 2.50 bits per heavy atom. The van der Waals surface area contributed by atoms with Crippen LogP contribution in [-0.4, -0.2) is 18.6 Å². The summed E-state index contributed by atoms with van der Waals surface area (Å²) in [6.07, 6.45) is 0.465. The van der Waals surface area contributed by atoms with Gasteiger partial charge < -0.3 is 4.74 Å². The van der Waals surface area contributed by atoms with Gasteiger partial charge in [-0.3, -0.25) is 0 Å². The van der Waals surface area contributed by atoms with Crippen molar-refractivity contribution in [1.82, 2.24) is 0 Å². The molecule has 0 radical (unpaired) electrons. The zero-order valence-corrected chi connectivity index (χ0v) is 6.03. The lowest BCUT2D eigenvalue weighted by molar-refractivity contribution is -0.0885. The summed E-state index contributed by atoms with van der Waals surface area (Å²) in [5.41, 5.74) is 0.881. The zero-order chi connectivity index (χ0) is 7.78. The van der Waals surface area contributed by atoms with Gasteiger partial charge in [0.15, 0.2) is 0 Å². The van der Waals surface area contributed by atoms with Crippen LogP contribution in [0.15, 0.2) is 11.6 Å². The first-order valence-electron chi connectivity index (χ1n) is 3.17. The fourth-order valence-electron chi connectivity index (χ4n) is 0.869. The average molecular weight is 148 g/mol. The van der Waals surface area contributed by atoms with Gasteiger partial charge in [0.1, 0.15) is 6.10 Å². The molecule has 0 saturated heterocycles. The van der Waals surface area contributed by atoms with E-state index >= 15 is 0 Å². The molecule has 0 aliphatic carbocycles. The quantitative estimate of drug-likeness (QED) is 0.517. The van der Waals surface area contributed by atoms with Crippen molar-refractivity contribution >= 4 is 0 Å². The molecule has 0 aromatic rings. The molecule has 3 heteroatoms. The monoisotopic (exact) mass is 148 g/mol. The largest absolute Gasteiger partial charge is 0.364 e. The molecule has 0 aromatic carbocycles. The minimum atomic E-state index is -2.74. The van der Waals surface area contributed by atoms with Crippen molar-refractivity contribution in [2.45, 2.75) is 25.9 Å². The van der Waals surface area contributed by atoms with Gasteiger partial charge in [-0.1, -0.05) is 0 Å². The molecule has 1 rings (SSSR count). The number of rotatable bonds is 1. The molecule has 1 unspecified atom stereocenters. The van der Waals surface area contributed by atoms with E-state index in [1.54, 1.807) is 6.92 Å². The number of alkyl halides is 2. The standard InChI is InChI=1S/C7H10F2O/c1-5-3-6(10-4-5)7(2,8)9/h3,6H,4H2,1-2H3. The van der Waals surface area contributed by atoms with Gasteiger partial charge in [-0.25, -0.2) is 8.78 Å². The van der Waals surface area contributed by atoms with Crippen LogP contribution in [-0.2, 0) is 4.74 Å². The maximum absolute atomic E-state index is 12.4. The Morgan fingerprint density at radius 1 is 1.70 bits per heavy atom. The van der Waals surface area contributed by atoms with Gasteiger partial charge in [-0.15, -0.1) is 0 Å². The van der Waals surface area contributed by atoms with Crippen molar-refractivity contribution < 1.29 is 13.5 Å². The fourth-order valence-corrected chi connectivity index (χ4v) is 0.869. The molecule has 1 nitrogen and oxygen atoms in total. The van der Waals surface area contributed by atoms with Crippen LogP contribution in [0.25, 0.3) is 0 Å². The van der Waals surface area contributed by atoms with E-state index in [2.05, 4.69) is 0 Å². The molecule has 0 saturated carbocycles. The van der Waals surface area contributed by atoms with Crippen molar-refractivity contribution in [3.05, 3.63) is 11.6 Å². The molecule has 0 bridgehead atoms. The third kappa shape index (κ3) is 1.53. The molecular formula is C7H10F2O. The Labute approximate surface area is 58.7 Å². The minimum Gasteiger partial charge on any atom is -0.364 e. The zero-order valence-electron chi connectivity index (χ0n) is 6.03. The number of halogens is 2. The van der Waals surface area contributed by atoms with Crippen LogP contribution in [0.2, 0.25) is 0 Å². The van der Waals surface area contributed by atoms with Crippen molar-refractivity contribution in [2.75, 3.05) is 6.61 Å². The summed E-state index contributed by atoms with van der Waals surface area (Å²) >= 11 is 0. The summed E-state index contributed by atoms with van der Waals surface area (Å²) in [4.78, 5) is 0. The summed E-state index contributed by atoms with van der Waals surface area (Å²) in [5.74, 6) is -2.74. The fraction of sp³-hybridized carbons (Fsp3) is 0.714. The molecular weight excluding hydrogens is 138 g/mol. The van der Waals surface area contributed by atoms with Crippen LogP contribution in [0, 0.1) is 0 Å². The summed E-state index contributed by atoms with van der Waals surface area (Å²) < 4.78 is 29.6. The van der Waals surface area contributed by atoms with Gasteiger partial charge >= 0.3 is 0 Å². The van der Waals surface area contributed by atoms with Gasteiger partial charge in [0.2, 0.25) is 0 Å². The first-order chi connectivity index (χ1) is 4.50. The van der Waals surface area contributed by atoms with E-state index in [4.69, 9.17) is 4.74 Å². The lowest BCUT2D eigenvalue weighted by Gasteiger charge is -2.15. The summed E-state index contributed by atoms with van der Waals surface area (Å²) in [7, 11) is 0. The first kappa shape index (κ1) is 7.66. The Morgan fingerprint density at radius 2 is 2.30 bits per heavy atom. The van der Waals surface area contributed by atoms with Gasteiger partial charge in [0, 0.05) is 6.92 Å². The van der Waals surface area contributed by atoms with Crippen molar-refractivity contribution in [3.8, 4) is 0 Å². The molecule has 10 heavy (non-hydrogen) atoms. The molecule has 0 spiro atoms. The van der Waals surface area contributed by atoms with Crippen molar-refractivity contribution in [2.24, 2.45) is 0 Å². The van der Waals surface area contributed by atoms with Gasteiger partial charge in [0.25, 0.3) is 5.92 Å². The molecule has 0 aromatic heterocycles. The highest BCUT2D eigenvalue weighted by Gasteiger charge is 2.35.